The minimum atomic E-state index is -0.468. The van der Waals surface area contributed by atoms with E-state index in [-0.39, 0.29) is 11.8 Å². The van der Waals surface area contributed by atoms with Crippen LogP contribution in [-0.4, -0.2) is 25.1 Å². The lowest BCUT2D eigenvalue weighted by molar-refractivity contribution is -0.129. The lowest BCUT2D eigenvalue weighted by Gasteiger charge is -2.15. The maximum atomic E-state index is 12.3. The highest BCUT2D eigenvalue weighted by atomic mass is 127. The molecule has 5 nitrogen and oxygen atoms in total. The predicted octanol–water partition coefficient (Wildman–Crippen LogP) is 5.55. The van der Waals surface area contributed by atoms with Gasteiger partial charge in [0.1, 0.15) is 0 Å². The van der Waals surface area contributed by atoms with Gasteiger partial charge in [-0.3, -0.25) is 0 Å². The number of hydrogen-bond donors (Lipinski definition) is 0. The van der Waals surface area contributed by atoms with Crippen LogP contribution in [0.5, 0.6) is 11.5 Å². The second-order valence-corrected chi connectivity index (χ2v) is 8.48. The first-order valence-electron chi connectivity index (χ1n) is 9.45. The SMILES string of the molecule is COc1cc(/C=C2\N=C(c3ccc(C(C)C)cc3)OC2=O)cc(I)c1OC(C)C. The summed E-state index contributed by atoms with van der Waals surface area (Å²) < 4.78 is 17.6. The molecule has 3 rings (SSSR count). The standard InChI is InChI=1S/C23H24INO4/c1-13(2)16-6-8-17(9-7-16)22-25-19(23(26)29-22)11-15-10-18(24)21(28-14(3)4)20(12-15)27-5/h6-14H,1-5H3/b19-11-. The number of carbonyl (C=O) groups excluding carboxylic acids is 1. The number of nitrogens with zero attached hydrogens (tertiary/aromatic N) is 1. The Balaban J connectivity index is 1.91. The van der Waals surface area contributed by atoms with Crippen molar-refractivity contribution in [3.05, 3.63) is 62.4 Å². The second-order valence-electron chi connectivity index (χ2n) is 7.31. The van der Waals surface area contributed by atoms with Gasteiger partial charge >= 0.3 is 5.97 Å². The fourth-order valence-electron chi connectivity index (χ4n) is 2.87. The highest BCUT2D eigenvalue weighted by Gasteiger charge is 2.24. The van der Waals surface area contributed by atoms with E-state index < -0.39 is 5.97 Å². The van der Waals surface area contributed by atoms with Crippen LogP contribution in [0.3, 0.4) is 0 Å². The monoisotopic (exact) mass is 505 g/mol. The van der Waals surface area contributed by atoms with Crippen molar-refractivity contribution in [3.8, 4) is 11.5 Å². The van der Waals surface area contributed by atoms with E-state index in [0.717, 1.165) is 14.7 Å². The summed E-state index contributed by atoms with van der Waals surface area (Å²) in [5, 5.41) is 0. The topological polar surface area (TPSA) is 57.1 Å². The molecule has 0 bridgehead atoms. The van der Waals surface area contributed by atoms with Crippen molar-refractivity contribution in [1.82, 2.24) is 0 Å². The first-order chi connectivity index (χ1) is 13.8. The van der Waals surface area contributed by atoms with E-state index in [0.29, 0.717) is 23.3 Å². The van der Waals surface area contributed by atoms with Crippen LogP contribution in [0, 0.1) is 3.57 Å². The zero-order chi connectivity index (χ0) is 21.1. The molecule has 1 aliphatic heterocycles. The molecule has 2 aromatic carbocycles. The maximum absolute atomic E-state index is 12.3. The van der Waals surface area contributed by atoms with E-state index in [9.17, 15) is 4.79 Å². The molecule has 0 atom stereocenters. The van der Waals surface area contributed by atoms with E-state index in [4.69, 9.17) is 14.2 Å². The van der Waals surface area contributed by atoms with Crippen LogP contribution in [0.2, 0.25) is 0 Å². The van der Waals surface area contributed by atoms with Gasteiger partial charge in [-0.2, -0.15) is 0 Å². The molecular weight excluding hydrogens is 481 g/mol. The maximum Gasteiger partial charge on any atom is 0.363 e. The molecule has 1 heterocycles. The lowest BCUT2D eigenvalue weighted by Crippen LogP contribution is -2.08. The van der Waals surface area contributed by atoms with E-state index in [1.165, 1.54) is 5.56 Å². The van der Waals surface area contributed by atoms with Gasteiger partial charge in [0.15, 0.2) is 17.2 Å². The highest BCUT2D eigenvalue weighted by Crippen LogP contribution is 2.35. The molecule has 1 aliphatic rings. The molecule has 6 heteroatoms. The molecule has 0 saturated heterocycles. The number of hydrogen-bond acceptors (Lipinski definition) is 5. The van der Waals surface area contributed by atoms with Crippen molar-refractivity contribution < 1.29 is 19.0 Å². The van der Waals surface area contributed by atoms with Crippen LogP contribution in [0.4, 0.5) is 0 Å². The van der Waals surface area contributed by atoms with Gasteiger partial charge in [-0.05, 0) is 83.8 Å². The number of cyclic esters (lactones) is 1. The molecule has 0 aromatic heterocycles. The molecule has 0 fully saturated rings. The highest BCUT2D eigenvalue weighted by molar-refractivity contribution is 14.1. The van der Waals surface area contributed by atoms with Gasteiger partial charge in [0, 0.05) is 5.56 Å². The average Bonchev–Trinajstić information content (AvgIpc) is 3.04. The molecule has 152 valence electrons. The van der Waals surface area contributed by atoms with Crippen LogP contribution in [0.1, 0.15) is 50.3 Å². The molecule has 29 heavy (non-hydrogen) atoms. The van der Waals surface area contributed by atoms with Gasteiger partial charge in [0.2, 0.25) is 5.90 Å². The molecule has 0 spiro atoms. The summed E-state index contributed by atoms with van der Waals surface area (Å²) >= 11 is 2.20. The number of ether oxygens (including phenoxy) is 3. The van der Waals surface area contributed by atoms with Crippen molar-refractivity contribution in [2.75, 3.05) is 7.11 Å². The summed E-state index contributed by atoms with van der Waals surface area (Å²) in [7, 11) is 1.59. The first-order valence-corrected chi connectivity index (χ1v) is 10.5. The minimum absolute atomic E-state index is 0.0284. The largest absolute Gasteiger partial charge is 0.493 e. The van der Waals surface area contributed by atoms with Gasteiger partial charge in [-0.15, -0.1) is 0 Å². The van der Waals surface area contributed by atoms with E-state index in [2.05, 4.69) is 41.4 Å². The summed E-state index contributed by atoms with van der Waals surface area (Å²) in [6, 6.07) is 11.7. The number of benzene rings is 2. The molecule has 0 saturated carbocycles. The molecule has 0 radical (unpaired) electrons. The minimum Gasteiger partial charge on any atom is -0.493 e. The summed E-state index contributed by atoms with van der Waals surface area (Å²) in [6.45, 7) is 8.19. The van der Waals surface area contributed by atoms with Gasteiger partial charge in [-0.25, -0.2) is 9.79 Å². The molecule has 0 amide bonds. The summed E-state index contributed by atoms with van der Waals surface area (Å²) in [5.41, 5.74) is 3.04. The smallest absolute Gasteiger partial charge is 0.363 e. The number of methoxy groups -OCH3 is 1. The second kappa shape index (κ2) is 8.98. The third-order valence-electron chi connectivity index (χ3n) is 4.35. The van der Waals surface area contributed by atoms with Gasteiger partial charge in [-0.1, -0.05) is 26.0 Å². The Bertz CT molecular complexity index is 975. The van der Waals surface area contributed by atoms with Crippen LogP contribution in [-0.2, 0) is 9.53 Å². The zero-order valence-corrected chi connectivity index (χ0v) is 19.3. The van der Waals surface area contributed by atoms with Crippen molar-refractivity contribution >= 4 is 40.5 Å². The Hall–Kier alpha value is -2.35. The van der Waals surface area contributed by atoms with Gasteiger partial charge < -0.3 is 14.2 Å². The third-order valence-corrected chi connectivity index (χ3v) is 5.15. The fourth-order valence-corrected chi connectivity index (χ4v) is 3.63. The Morgan fingerprint density at radius 2 is 1.79 bits per heavy atom. The Morgan fingerprint density at radius 3 is 2.38 bits per heavy atom. The zero-order valence-electron chi connectivity index (χ0n) is 17.2. The van der Waals surface area contributed by atoms with Crippen LogP contribution >= 0.6 is 22.6 Å². The van der Waals surface area contributed by atoms with Crippen molar-refractivity contribution in [3.63, 3.8) is 0 Å². The summed E-state index contributed by atoms with van der Waals surface area (Å²) in [4.78, 5) is 16.7. The van der Waals surface area contributed by atoms with Crippen LogP contribution in [0.15, 0.2) is 47.1 Å². The van der Waals surface area contributed by atoms with Crippen molar-refractivity contribution in [1.29, 1.82) is 0 Å². The normalized spacial score (nSPS) is 15.1. The molecule has 0 aliphatic carbocycles. The predicted molar refractivity (Wildman–Crippen MR) is 123 cm³/mol. The summed E-state index contributed by atoms with van der Waals surface area (Å²) in [5.74, 6) is 1.58. The quantitative estimate of drug-likeness (QED) is 0.293. The number of halogens is 1. The average molecular weight is 505 g/mol. The van der Waals surface area contributed by atoms with Crippen molar-refractivity contribution in [2.24, 2.45) is 4.99 Å². The van der Waals surface area contributed by atoms with Crippen LogP contribution in [0.25, 0.3) is 6.08 Å². The molecular formula is C23H24INO4. The van der Waals surface area contributed by atoms with Gasteiger partial charge in [0.05, 0.1) is 16.8 Å². The molecule has 0 N–H and O–H groups in total. The third kappa shape index (κ3) is 4.98. The number of esters is 1. The lowest BCUT2D eigenvalue weighted by atomic mass is 10.0. The van der Waals surface area contributed by atoms with Gasteiger partial charge in [0.25, 0.3) is 0 Å². The van der Waals surface area contributed by atoms with E-state index >= 15 is 0 Å². The van der Waals surface area contributed by atoms with E-state index in [1.54, 1.807) is 13.2 Å². The fraction of sp³-hybridized carbons (Fsp3) is 0.304. The number of aliphatic imine (C=N–C) groups is 1. The molecule has 2 aromatic rings. The first kappa shape index (κ1) is 21.4. The number of carbonyl (C=O) groups is 1. The van der Waals surface area contributed by atoms with Crippen molar-refractivity contribution in [2.45, 2.75) is 39.7 Å². The molecule has 0 unspecified atom stereocenters. The summed E-state index contributed by atoms with van der Waals surface area (Å²) in [6.07, 6.45) is 1.72. The van der Waals surface area contributed by atoms with Crippen LogP contribution < -0.4 is 9.47 Å². The Morgan fingerprint density at radius 1 is 1.10 bits per heavy atom. The van der Waals surface area contributed by atoms with E-state index in [1.807, 2.05) is 50.2 Å². The Labute approximate surface area is 184 Å². The number of rotatable bonds is 6. The Kier molecular flexibility index (Phi) is 6.62.